The van der Waals surface area contributed by atoms with Crippen LogP contribution in [0.4, 0.5) is 5.00 Å². The van der Waals surface area contributed by atoms with Crippen LogP contribution in [0.1, 0.15) is 44.0 Å². The van der Waals surface area contributed by atoms with Gasteiger partial charge in [-0.25, -0.2) is 13.2 Å². The van der Waals surface area contributed by atoms with Crippen LogP contribution in [0.5, 0.6) is 0 Å². The molecule has 0 unspecified atom stereocenters. The normalized spacial score (nSPS) is 14.8. The van der Waals surface area contributed by atoms with Gasteiger partial charge in [0.25, 0.3) is 5.91 Å². The largest absolute Gasteiger partial charge is 0.465 e. The molecule has 3 rings (SSSR count). The summed E-state index contributed by atoms with van der Waals surface area (Å²) in [5.41, 5.74) is 1.27. The van der Waals surface area contributed by atoms with Gasteiger partial charge in [-0.2, -0.15) is 4.31 Å². The first-order chi connectivity index (χ1) is 13.3. The second kappa shape index (κ2) is 8.02. The number of benzene rings is 1. The number of nitrogens with zero attached hydrogens (tertiary/aromatic N) is 1. The van der Waals surface area contributed by atoms with Crippen LogP contribution in [0, 0.1) is 13.8 Å². The molecule has 28 heavy (non-hydrogen) atoms. The third-order valence-corrected chi connectivity index (χ3v) is 7.82. The number of ether oxygens (including phenoxy) is 1. The highest BCUT2D eigenvalue weighted by Crippen LogP contribution is 2.33. The molecule has 2 aromatic rings. The molecule has 0 saturated carbocycles. The standard InChI is InChI=1S/C19H22N2O5S2/c1-12-13(2)27-18(16(12)19(23)26-3)20-17(22)14-7-6-8-15(11-14)28(24,25)21-9-4-5-10-21/h6-8,11H,4-5,9-10H2,1-3H3,(H,20,22). The number of amides is 1. The molecule has 1 fully saturated rings. The van der Waals surface area contributed by atoms with Crippen LogP contribution < -0.4 is 5.32 Å². The Labute approximate surface area is 168 Å². The fraction of sp³-hybridized carbons (Fsp3) is 0.368. The van der Waals surface area contributed by atoms with E-state index in [1.807, 2.05) is 6.92 Å². The highest BCUT2D eigenvalue weighted by atomic mass is 32.2. The molecule has 1 aliphatic heterocycles. The molecule has 0 atom stereocenters. The molecule has 0 spiro atoms. The third-order valence-electron chi connectivity index (χ3n) is 4.80. The van der Waals surface area contributed by atoms with Gasteiger partial charge in [-0.15, -0.1) is 11.3 Å². The van der Waals surface area contributed by atoms with Crippen LogP contribution in [0.2, 0.25) is 0 Å². The van der Waals surface area contributed by atoms with Gasteiger partial charge in [0.1, 0.15) is 5.00 Å². The van der Waals surface area contributed by atoms with Crippen molar-refractivity contribution in [2.45, 2.75) is 31.6 Å². The highest BCUT2D eigenvalue weighted by molar-refractivity contribution is 7.89. The van der Waals surface area contributed by atoms with E-state index in [0.29, 0.717) is 23.7 Å². The Kier molecular flexibility index (Phi) is 5.87. The first kappa shape index (κ1) is 20.5. The van der Waals surface area contributed by atoms with E-state index in [4.69, 9.17) is 4.74 Å². The van der Waals surface area contributed by atoms with Gasteiger partial charge in [0, 0.05) is 23.5 Å². The number of aryl methyl sites for hydroxylation is 1. The second-order valence-electron chi connectivity index (χ2n) is 6.57. The molecule has 1 aromatic heterocycles. The Morgan fingerprint density at radius 3 is 2.50 bits per heavy atom. The van der Waals surface area contributed by atoms with Gasteiger partial charge in [-0.1, -0.05) is 6.07 Å². The second-order valence-corrected chi connectivity index (χ2v) is 9.73. The summed E-state index contributed by atoms with van der Waals surface area (Å²) in [6.45, 7) is 4.63. The molecule has 7 nitrogen and oxygen atoms in total. The van der Waals surface area contributed by atoms with E-state index in [2.05, 4.69) is 5.32 Å². The van der Waals surface area contributed by atoms with Crippen LogP contribution in [-0.4, -0.2) is 44.8 Å². The van der Waals surface area contributed by atoms with Gasteiger partial charge in [0.2, 0.25) is 10.0 Å². The first-order valence-electron chi connectivity index (χ1n) is 8.85. The van der Waals surface area contributed by atoms with Gasteiger partial charge in [-0.05, 0) is 50.5 Å². The number of esters is 1. The average molecular weight is 423 g/mol. The topological polar surface area (TPSA) is 92.8 Å². The van der Waals surface area contributed by atoms with Gasteiger partial charge >= 0.3 is 5.97 Å². The number of sulfonamides is 1. The number of rotatable bonds is 5. The summed E-state index contributed by atoms with van der Waals surface area (Å²) < 4.78 is 31.7. The smallest absolute Gasteiger partial charge is 0.341 e. The summed E-state index contributed by atoms with van der Waals surface area (Å²) in [6, 6.07) is 5.95. The maximum Gasteiger partial charge on any atom is 0.341 e. The quantitative estimate of drug-likeness (QED) is 0.747. The SMILES string of the molecule is COC(=O)c1c(NC(=O)c2cccc(S(=O)(=O)N3CCCC3)c2)sc(C)c1C. The molecule has 0 bridgehead atoms. The van der Waals surface area contributed by atoms with E-state index in [1.54, 1.807) is 19.1 Å². The first-order valence-corrected chi connectivity index (χ1v) is 11.1. The Morgan fingerprint density at radius 1 is 1.18 bits per heavy atom. The van der Waals surface area contributed by atoms with Crippen LogP contribution in [0.15, 0.2) is 29.2 Å². The number of hydrogen-bond donors (Lipinski definition) is 1. The van der Waals surface area contributed by atoms with Crippen LogP contribution >= 0.6 is 11.3 Å². The lowest BCUT2D eigenvalue weighted by Crippen LogP contribution is -2.28. The lowest BCUT2D eigenvalue weighted by molar-refractivity contribution is 0.0601. The third kappa shape index (κ3) is 3.82. The van der Waals surface area contributed by atoms with Crippen molar-refractivity contribution in [2.75, 3.05) is 25.5 Å². The Hall–Kier alpha value is -2.23. The van der Waals surface area contributed by atoms with E-state index in [1.165, 1.54) is 34.9 Å². The zero-order valence-electron chi connectivity index (χ0n) is 15.9. The fourth-order valence-electron chi connectivity index (χ4n) is 3.11. The zero-order valence-corrected chi connectivity index (χ0v) is 17.6. The molecule has 1 N–H and O–H groups in total. The Balaban J connectivity index is 1.89. The molecular weight excluding hydrogens is 400 g/mol. The van der Waals surface area contributed by atoms with E-state index in [0.717, 1.165) is 23.3 Å². The van der Waals surface area contributed by atoms with Crippen molar-refractivity contribution >= 4 is 38.2 Å². The molecule has 1 amide bonds. The fourth-order valence-corrected chi connectivity index (χ4v) is 5.72. The molecule has 1 aliphatic rings. The molecule has 1 aromatic carbocycles. The number of methoxy groups -OCH3 is 1. The van der Waals surface area contributed by atoms with Crippen molar-refractivity contribution in [2.24, 2.45) is 0 Å². The van der Waals surface area contributed by atoms with Crippen molar-refractivity contribution in [3.05, 3.63) is 45.8 Å². The molecule has 0 aliphatic carbocycles. The van der Waals surface area contributed by atoms with E-state index in [-0.39, 0.29) is 10.5 Å². The van der Waals surface area contributed by atoms with Crippen molar-refractivity contribution in [1.29, 1.82) is 0 Å². The lowest BCUT2D eigenvalue weighted by atomic mass is 10.1. The van der Waals surface area contributed by atoms with Crippen LogP contribution in [-0.2, 0) is 14.8 Å². The average Bonchev–Trinajstić information content (AvgIpc) is 3.31. The van der Waals surface area contributed by atoms with Gasteiger partial charge in [0.05, 0.1) is 17.6 Å². The molecule has 9 heteroatoms. The van der Waals surface area contributed by atoms with Crippen molar-refractivity contribution in [1.82, 2.24) is 4.31 Å². The summed E-state index contributed by atoms with van der Waals surface area (Å²) in [5.74, 6) is -1.01. The van der Waals surface area contributed by atoms with Crippen molar-refractivity contribution < 1.29 is 22.7 Å². The molecule has 1 saturated heterocycles. The highest BCUT2D eigenvalue weighted by Gasteiger charge is 2.28. The van der Waals surface area contributed by atoms with Crippen LogP contribution in [0.25, 0.3) is 0 Å². The van der Waals surface area contributed by atoms with Gasteiger partial charge < -0.3 is 10.1 Å². The predicted molar refractivity (Wildman–Crippen MR) is 108 cm³/mol. The summed E-state index contributed by atoms with van der Waals surface area (Å²) in [5, 5.41) is 3.11. The van der Waals surface area contributed by atoms with E-state index < -0.39 is 21.9 Å². The summed E-state index contributed by atoms with van der Waals surface area (Å²) in [6.07, 6.45) is 1.68. The summed E-state index contributed by atoms with van der Waals surface area (Å²) in [7, 11) is -2.33. The zero-order chi connectivity index (χ0) is 20.5. The Morgan fingerprint density at radius 2 is 1.86 bits per heavy atom. The van der Waals surface area contributed by atoms with Gasteiger partial charge in [-0.3, -0.25) is 4.79 Å². The number of carbonyl (C=O) groups is 2. The minimum atomic E-state index is -3.61. The van der Waals surface area contributed by atoms with Crippen LogP contribution in [0.3, 0.4) is 0 Å². The number of anilines is 1. The summed E-state index contributed by atoms with van der Waals surface area (Å²) >= 11 is 1.28. The van der Waals surface area contributed by atoms with E-state index in [9.17, 15) is 18.0 Å². The Bertz CT molecular complexity index is 1020. The monoisotopic (exact) mass is 422 g/mol. The minimum Gasteiger partial charge on any atom is -0.465 e. The van der Waals surface area contributed by atoms with Crippen molar-refractivity contribution in [3.63, 3.8) is 0 Å². The molecule has 0 radical (unpaired) electrons. The number of thiophene rings is 1. The number of carbonyl (C=O) groups excluding carboxylic acids is 2. The molecule has 2 heterocycles. The maximum atomic E-state index is 12.7. The number of nitrogens with one attached hydrogen (secondary N) is 1. The predicted octanol–water partition coefficient (Wildman–Crippen LogP) is 3.19. The van der Waals surface area contributed by atoms with Gasteiger partial charge in [0.15, 0.2) is 0 Å². The lowest BCUT2D eigenvalue weighted by Gasteiger charge is -2.16. The van der Waals surface area contributed by atoms with E-state index >= 15 is 0 Å². The number of hydrogen-bond acceptors (Lipinski definition) is 6. The van der Waals surface area contributed by atoms with Crippen molar-refractivity contribution in [3.8, 4) is 0 Å². The molecule has 150 valence electrons. The molecular formula is C19H22N2O5S2. The maximum absolute atomic E-state index is 12.7. The minimum absolute atomic E-state index is 0.0915. The summed E-state index contributed by atoms with van der Waals surface area (Å²) in [4.78, 5) is 25.8.